The second kappa shape index (κ2) is 2.72. The average Bonchev–Trinajstić information content (AvgIpc) is 2.60. The van der Waals surface area contributed by atoms with E-state index in [1.807, 2.05) is 6.07 Å². The van der Waals surface area contributed by atoms with Crippen LogP contribution in [0.3, 0.4) is 0 Å². The summed E-state index contributed by atoms with van der Waals surface area (Å²) in [5, 5.41) is 8.73. The highest BCUT2D eigenvalue weighted by Crippen LogP contribution is 2.16. The van der Waals surface area contributed by atoms with Gasteiger partial charge in [0.15, 0.2) is 6.29 Å². The maximum atomic E-state index is 10.5. The van der Waals surface area contributed by atoms with E-state index in [1.165, 1.54) is 6.20 Å². The number of aromatic amines is 1. The number of rotatable bonds is 1. The van der Waals surface area contributed by atoms with Gasteiger partial charge in [0.05, 0.1) is 22.2 Å². The summed E-state index contributed by atoms with van der Waals surface area (Å²) < 4.78 is 0. The largest absolute Gasteiger partial charge is 0.358 e. The molecule has 0 aliphatic rings. The fourth-order valence-electron chi connectivity index (χ4n) is 1.23. The van der Waals surface area contributed by atoms with Gasteiger partial charge in [0.2, 0.25) is 0 Å². The van der Waals surface area contributed by atoms with Gasteiger partial charge in [-0.2, -0.15) is 5.26 Å². The summed E-state index contributed by atoms with van der Waals surface area (Å²) in [6.07, 6.45) is 3.78. The Morgan fingerprint density at radius 1 is 1.62 bits per heavy atom. The van der Waals surface area contributed by atoms with E-state index in [9.17, 15) is 4.79 Å². The number of nitrogens with zero attached hydrogens (tertiary/aromatic N) is 2. The Balaban J connectivity index is 2.88. The summed E-state index contributed by atoms with van der Waals surface area (Å²) in [6, 6.07) is 3.62. The van der Waals surface area contributed by atoms with Crippen molar-refractivity contribution in [2.75, 3.05) is 0 Å². The number of fused-ring (bicyclic) bond motifs is 1. The quantitative estimate of drug-likeness (QED) is 0.656. The van der Waals surface area contributed by atoms with Crippen molar-refractivity contribution in [2.24, 2.45) is 0 Å². The van der Waals surface area contributed by atoms with E-state index in [0.717, 1.165) is 0 Å². The molecule has 0 radical (unpaired) electrons. The molecule has 62 valence electrons. The lowest BCUT2D eigenvalue weighted by Crippen LogP contribution is -1.82. The monoisotopic (exact) mass is 171 g/mol. The fourth-order valence-corrected chi connectivity index (χ4v) is 1.23. The van der Waals surface area contributed by atoms with Crippen molar-refractivity contribution in [3.05, 3.63) is 29.6 Å². The minimum absolute atomic E-state index is 0.479. The maximum absolute atomic E-state index is 10.5. The molecule has 0 aromatic carbocycles. The molecule has 0 saturated carbocycles. The second-order valence-corrected chi connectivity index (χ2v) is 2.56. The van der Waals surface area contributed by atoms with E-state index in [-0.39, 0.29) is 0 Å². The SMILES string of the molecule is N#Cc1ccnc2c(C=O)c[nH]c12. The van der Waals surface area contributed by atoms with Crippen molar-refractivity contribution in [1.82, 2.24) is 9.97 Å². The number of aldehydes is 1. The standard InChI is InChI=1S/C9H5N3O/c10-3-6-1-2-11-9-7(5-13)4-12-8(6)9/h1-2,4-5,12H. The van der Waals surface area contributed by atoms with Gasteiger partial charge >= 0.3 is 0 Å². The van der Waals surface area contributed by atoms with Crippen LogP contribution in [0.1, 0.15) is 15.9 Å². The molecule has 0 unspecified atom stereocenters. The van der Waals surface area contributed by atoms with Gasteiger partial charge in [0.25, 0.3) is 0 Å². The van der Waals surface area contributed by atoms with Crippen LogP contribution in [-0.4, -0.2) is 16.3 Å². The molecular formula is C9H5N3O. The number of aromatic nitrogens is 2. The van der Waals surface area contributed by atoms with Gasteiger partial charge in [-0.3, -0.25) is 9.78 Å². The Hall–Kier alpha value is -2.15. The summed E-state index contributed by atoms with van der Waals surface area (Å²) in [4.78, 5) is 17.4. The Kier molecular flexibility index (Phi) is 1.57. The first-order valence-corrected chi connectivity index (χ1v) is 3.68. The van der Waals surface area contributed by atoms with E-state index in [2.05, 4.69) is 9.97 Å². The van der Waals surface area contributed by atoms with Crippen LogP contribution in [0.2, 0.25) is 0 Å². The maximum Gasteiger partial charge on any atom is 0.153 e. The summed E-state index contributed by atoms with van der Waals surface area (Å²) >= 11 is 0. The molecule has 2 heterocycles. The van der Waals surface area contributed by atoms with E-state index >= 15 is 0 Å². The third-order valence-electron chi connectivity index (χ3n) is 1.84. The van der Waals surface area contributed by atoms with Gasteiger partial charge in [-0.15, -0.1) is 0 Å². The number of hydrogen-bond donors (Lipinski definition) is 1. The predicted molar refractivity (Wildman–Crippen MR) is 46.2 cm³/mol. The van der Waals surface area contributed by atoms with Gasteiger partial charge in [0.1, 0.15) is 6.07 Å². The van der Waals surface area contributed by atoms with Gasteiger partial charge in [-0.05, 0) is 6.07 Å². The molecular weight excluding hydrogens is 166 g/mol. The van der Waals surface area contributed by atoms with Crippen molar-refractivity contribution < 1.29 is 4.79 Å². The van der Waals surface area contributed by atoms with Crippen LogP contribution >= 0.6 is 0 Å². The van der Waals surface area contributed by atoms with Crippen LogP contribution in [-0.2, 0) is 0 Å². The molecule has 0 bridgehead atoms. The molecule has 4 heteroatoms. The third-order valence-corrected chi connectivity index (χ3v) is 1.84. The molecule has 0 aliphatic carbocycles. The number of carbonyl (C=O) groups is 1. The lowest BCUT2D eigenvalue weighted by Gasteiger charge is -1.90. The Labute approximate surface area is 73.8 Å². The zero-order chi connectivity index (χ0) is 9.26. The average molecular weight is 171 g/mol. The summed E-state index contributed by atoms with van der Waals surface area (Å²) in [5.41, 5.74) is 2.14. The van der Waals surface area contributed by atoms with E-state index in [1.54, 1.807) is 12.3 Å². The molecule has 0 amide bonds. The predicted octanol–water partition coefficient (Wildman–Crippen LogP) is 1.25. The lowest BCUT2D eigenvalue weighted by molar-refractivity contribution is 0.112. The Morgan fingerprint density at radius 2 is 2.46 bits per heavy atom. The molecule has 0 spiro atoms. The molecule has 0 aliphatic heterocycles. The lowest BCUT2D eigenvalue weighted by atomic mass is 10.2. The van der Waals surface area contributed by atoms with Gasteiger partial charge in [-0.1, -0.05) is 0 Å². The molecule has 0 atom stereocenters. The molecule has 4 nitrogen and oxygen atoms in total. The molecule has 0 saturated heterocycles. The number of H-pyrrole nitrogens is 1. The van der Waals surface area contributed by atoms with Crippen LogP contribution < -0.4 is 0 Å². The number of nitrogens with one attached hydrogen (secondary N) is 1. The van der Waals surface area contributed by atoms with Crippen LogP contribution in [0.25, 0.3) is 11.0 Å². The van der Waals surface area contributed by atoms with Gasteiger partial charge in [0, 0.05) is 12.4 Å². The van der Waals surface area contributed by atoms with Crippen molar-refractivity contribution in [2.45, 2.75) is 0 Å². The third kappa shape index (κ3) is 0.983. The first-order valence-electron chi connectivity index (χ1n) is 3.68. The number of hydrogen-bond acceptors (Lipinski definition) is 3. The molecule has 2 rings (SSSR count). The Morgan fingerprint density at radius 3 is 3.15 bits per heavy atom. The van der Waals surface area contributed by atoms with Crippen LogP contribution in [0.4, 0.5) is 0 Å². The highest BCUT2D eigenvalue weighted by Gasteiger charge is 2.06. The zero-order valence-electron chi connectivity index (χ0n) is 6.61. The van der Waals surface area contributed by atoms with Crippen molar-refractivity contribution in [1.29, 1.82) is 5.26 Å². The van der Waals surface area contributed by atoms with E-state index in [0.29, 0.717) is 28.4 Å². The summed E-state index contributed by atoms with van der Waals surface area (Å²) in [5.74, 6) is 0. The first kappa shape index (κ1) is 7.50. The molecule has 13 heavy (non-hydrogen) atoms. The first-order chi connectivity index (χ1) is 6.36. The number of carbonyl (C=O) groups excluding carboxylic acids is 1. The van der Waals surface area contributed by atoms with Crippen molar-refractivity contribution >= 4 is 17.3 Å². The van der Waals surface area contributed by atoms with E-state index < -0.39 is 0 Å². The van der Waals surface area contributed by atoms with Crippen molar-refractivity contribution in [3.63, 3.8) is 0 Å². The van der Waals surface area contributed by atoms with Gasteiger partial charge in [-0.25, -0.2) is 0 Å². The normalized spacial score (nSPS) is 9.77. The minimum atomic E-state index is 0.479. The molecule has 0 fully saturated rings. The molecule has 1 N–H and O–H groups in total. The van der Waals surface area contributed by atoms with Crippen LogP contribution in [0.15, 0.2) is 18.5 Å². The fraction of sp³-hybridized carbons (Fsp3) is 0. The molecule has 2 aromatic rings. The Bertz CT molecular complexity index is 507. The summed E-state index contributed by atoms with van der Waals surface area (Å²) in [7, 11) is 0. The highest BCUT2D eigenvalue weighted by molar-refractivity contribution is 5.96. The number of pyridine rings is 1. The topological polar surface area (TPSA) is 69.5 Å². The van der Waals surface area contributed by atoms with Gasteiger partial charge < -0.3 is 4.98 Å². The van der Waals surface area contributed by atoms with Crippen LogP contribution in [0.5, 0.6) is 0 Å². The van der Waals surface area contributed by atoms with E-state index in [4.69, 9.17) is 5.26 Å². The van der Waals surface area contributed by atoms with Crippen molar-refractivity contribution in [3.8, 4) is 6.07 Å². The second-order valence-electron chi connectivity index (χ2n) is 2.56. The summed E-state index contributed by atoms with van der Waals surface area (Å²) in [6.45, 7) is 0. The minimum Gasteiger partial charge on any atom is -0.358 e. The zero-order valence-corrected chi connectivity index (χ0v) is 6.61. The van der Waals surface area contributed by atoms with Crippen LogP contribution in [0, 0.1) is 11.3 Å². The molecule has 2 aromatic heterocycles. The number of nitriles is 1. The smallest absolute Gasteiger partial charge is 0.153 e. The highest BCUT2D eigenvalue weighted by atomic mass is 16.1.